The quantitative estimate of drug-likeness (QED) is 0.651. The van der Waals surface area contributed by atoms with Crippen molar-refractivity contribution in [2.45, 2.75) is 26.7 Å². The van der Waals surface area contributed by atoms with Crippen LogP contribution in [0.3, 0.4) is 0 Å². The lowest BCUT2D eigenvalue weighted by molar-refractivity contribution is 1.00. The Kier molecular flexibility index (Phi) is 2.88. The normalized spacial score (nSPS) is 9.42. The Morgan fingerprint density at radius 2 is 1.75 bits per heavy atom. The lowest BCUT2D eigenvalue weighted by Crippen LogP contribution is -1.86. The molecule has 0 aromatic heterocycles. The van der Waals surface area contributed by atoms with Gasteiger partial charge >= 0.3 is 0 Å². The van der Waals surface area contributed by atoms with Gasteiger partial charge in [-0.2, -0.15) is 5.26 Å². The summed E-state index contributed by atoms with van der Waals surface area (Å²) in [6, 6.07) is 8.59. The molecule has 12 heavy (non-hydrogen) atoms. The van der Waals surface area contributed by atoms with Gasteiger partial charge in [-0.25, -0.2) is 0 Å². The highest BCUT2D eigenvalue weighted by Crippen LogP contribution is 2.10. The molecule has 62 valence electrons. The molecule has 1 rings (SSSR count). The van der Waals surface area contributed by atoms with E-state index in [1.54, 1.807) is 0 Å². The summed E-state index contributed by atoms with van der Waals surface area (Å²) in [7, 11) is 0. The molecule has 0 N–H and O–H groups in total. The molecule has 0 aliphatic carbocycles. The highest BCUT2D eigenvalue weighted by molar-refractivity contribution is 5.28. The zero-order valence-corrected chi connectivity index (χ0v) is 7.59. The number of nitriles is 1. The largest absolute Gasteiger partial charge is 0.198 e. The van der Waals surface area contributed by atoms with Gasteiger partial charge in [0.1, 0.15) is 0 Å². The molecule has 0 bridgehead atoms. The van der Waals surface area contributed by atoms with E-state index < -0.39 is 0 Å². The lowest BCUT2D eigenvalue weighted by atomic mass is 10.0. The molecule has 0 saturated heterocycles. The highest BCUT2D eigenvalue weighted by Gasteiger charge is 1.94. The Hall–Kier alpha value is -1.29. The lowest BCUT2D eigenvalue weighted by Gasteiger charge is -2.01. The molecule has 0 atom stereocenters. The van der Waals surface area contributed by atoms with Gasteiger partial charge in [-0.15, -0.1) is 0 Å². The van der Waals surface area contributed by atoms with E-state index in [2.05, 4.69) is 38.1 Å². The number of aryl methyl sites for hydroxylation is 3. The maximum absolute atomic E-state index is 8.42. The first kappa shape index (κ1) is 8.80. The average molecular weight is 159 g/mol. The minimum Gasteiger partial charge on any atom is -0.198 e. The van der Waals surface area contributed by atoms with E-state index in [4.69, 9.17) is 5.26 Å². The maximum atomic E-state index is 8.42. The molecule has 0 radical (unpaired) electrons. The van der Waals surface area contributed by atoms with Gasteiger partial charge in [0, 0.05) is 6.42 Å². The fourth-order valence-corrected chi connectivity index (χ4v) is 1.41. The molecule has 1 nitrogen and oxygen atoms in total. The van der Waals surface area contributed by atoms with Gasteiger partial charge in [0.15, 0.2) is 0 Å². The molecule has 1 aromatic carbocycles. The number of hydrogen-bond acceptors (Lipinski definition) is 1. The second-order valence-electron chi connectivity index (χ2n) is 3.15. The van der Waals surface area contributed by atoms with Crippen molar-refractivity contribution in [3.63, 3.8) is 0 Å². The van der Waals surface area contributed by atoms with Crippen LogP contribution in [0.5, 0.6) is 0 Å². The molecule has 0 heterocycles. The summed E-state index contributed by atoms with van der Waals surface area (Å²) in [6.45, 7) is 4.17. The minimum absolute atomic E-state index is 0.614. The minimum atomic E-state index is 0.614. The van der Waals surface area contributed by atoms with Crippen molar-refractivity contribution in [1.82, 2.24) is 0 Å². The summed E-state index contributed by atoms with van der Waals surface area (Å²) >= 11 is 0. The van der Waals surface area contributed by atoms with Crippen LogP contribution in [0.25, 0.3) is 0 Å². The van der Waals surface area contributed by atoms with Gasteiger partial charge in [-0.05, 0) is 25.8 Å². The van der Waals surface area contributed by atoms with Crippen molar-refractivity contribution in [2.24, 2.45) is 0 Å². The molecule has 0 aliphatic heterocycles. The summed E-state index contributed by atoms with van der Waals surface area (Å²) in [5.41, 5.74) is 3.83. The van der Waals surface area contributed by atoms with Crippen LogP contribution >= 0.6 is 0 Å². The van der Waals surface area contributed by atoms with E-state index in [0.29, 0.717) is 6.42 Å². The third-order valence-electron chi connectivity index (χ3n) is 1.81. The molecule has 0 amide bonds. The van der Waals surface area contributed by atoms with Crippen molar-refractivity contribution in [1.29, 1.82) is 5.26 Å². The van der Waals surface area contributed by atoms with Crippen LogP contribution < -0.4 is 0 Å². The number of hydrogen-bond donors (Lipinski definition) is 0. The first-order valence-electron chi connectivity index (χ1n) is 4.16. The molecule has 0 unspecified atom stereocenters. The van der Waals surface area contributed by atoms with Crippen LogP contribution in [0.1, 0.15) is 23.1 Å². The first-order valence-corrected chi connectivity index (χ1v) is 4.16. The van der Waals surface area contributed by atoms with Crippen LogP contribution in [0.15, 0.2) is 18.2 Å². The fraction of sp³-hybridized carbons (Fsp3) is 0.364. The summed E-state index contributed by atoms with van der Waals surface area (Å²) in [6.07, 6.45) is 1.49. The SMILES string of the molecule is Cc1cc(C)cc(CCC#N)c1. The Bertz CT molecular complexity index is 287. The van der Waals surface area contributed by atoms with E-state index in [1.165, 1.54) is 16.7 Å². The summed E-state index contributed by atoms with van der Waals surface area (Å²) in [4.78, 5) is 0. The van der Waals surface area contributed by atoms with Gasteiger partial charge in [0.25, 0.3) is 0 Å². The highest BCUT2D eigenvalue weighted by atomic mass is 14.2. The van der Waals surface area contributed by atoms with E-state index in [-0.39, 0.29) is 0 Å². The van der Waals surface area contributed by atoms with Crippen molar-refractivity contribution in [3.8, 4) is 6.07 Å². The van der Waals surface area contributed by atoms with Crippen LogP contribution in [-0.2, 0) is 6.42 Å². The van der Waals surface area contributed by atoms with E-state index in [0.717, 1.165) is 6.42 Å². The second-order valence-corrected chi connectivity index (χ2v) is 3.15. The van der Waals surface area contributed by atoms with Crippen molar-refractivity contribution in [3.05, 3.63) is 34.9 Å². The van der Waals surface area contributed by atoms with Crippen molar-refractivity contribution < 1.29 is 0 Å². The van der Waals surface area contributed by atoms with Gasteiger partial charge in [-0.1, -0.05) is 29.3 Å². The Labute approximate surface area is 73.6 Å². The molecular formula is C11H13N. The summed E-state index contributed by atoms with van der Waals surface area (Å²) in [5, 5.41) is 8.42. The molecule has 1 aromatic rings. The number of benzene rings is 1. The molecule has 0 aliphatic rings. The number of rotatable bonds is 2. The van der Waals surface area contributed by atoms with Gasteiger partial charge < -0.3 is 0 Å². The van der Waals surface area contributed by atoms with Crippen LogP contribution in [0.2, 0.25) is 0 Å². The van der Waals surface area contributed by atoms with E-state index in [1.807, 2.05) is 0 Å². The maximum Gasteiger partial charge on any atom is 0.0625 e. The van der Waals surface area contributed by atoms with Crippen molar-refractivity contribution >= 4 is 0 Å². The third kappa shape index (κ3) is 2.39. The third-order valence-corrected chi connectivity index (χ3v) is 1.81. The van der Waals surface area contributed by atoms with Crippen LogP contribution in [0, 0.1) is 25.2 Å². The molecule has 0 fully saturated rings. The summed E-state index contributed by atoms with van der Waals surface area (Å²) in [5.74, 6) is 0. The Morgan fingerprint density at radius 1 is 1.17 bits per heavy atom. The average Bonchev–Trinajstić information content (AvgIpc) is 1.99. The van der Waals surface area contributed by atoms with Crippen LogP contribution in [-0.4, -0.2) is 0 Å². The Morgan fingerprint density at radius 3 is 2.25 bits per heavy atom. The number of nitrogens with zero attached hydrogens (tertiary/aromatic N) is 1. The predicted molar refractivity (Wildman–Crippen MR) is 49.9 cm³/mol. The zero-order chi connectivity index (χ0) is 8.97. The van der Waals surface area contributed by atoms with E-state index >= 15 is 0 Å². The first-order chi connectivity index (χ1) is 5.72. The molecule has 1 heteroatoms. The summed E-state index contributed by atoms with van der Waals surface area (Å²) < 4.78 is 0. The standard InChI is InChI=1S/C11H13N/c1-9-6-10(2)8-11(7-9)4-3-5-12/h6-8H,3-4H2,1-2H3. The smallest absolute Gasteiger partial charge is 0.0625 e. The monoisotopic (exact) mass is 159 g/mol. The molecular weight excluding hydrogens is 146 g/mol. The zero-order valence-electron chi connectivity index (χ0n) is 7.59. The topological polar surface area (TPSA) is 23.8 Å². The Balaban J connectivity index is 2.80. The van der Waals surface area contributed by atoms with Gasteiger partial charge in [0.05, 0.1) is 6.07 Å². The molecule has 0 spiro atoms. The van der Waals surface area contributed by atoms with Crippen LogP contribution in [0.4, 0.5) is 0 Å². The fourth-order valence-electron chi connectivity index (χ4n) is 1.41. The van der Waals surface area contributed by atoms with Gasteiger partial charge in [0.2, 0.25) is 0 Å². The van der Waals surface area contributed by atoms with Crippen molar-refractivity contribution in [2.75, 3.05) is 0 Å². The predicted octanol–water partition coefficient (Wildman–Crippen LogP) is 2.76. The van der Waals surface area contributed by atoms with Gasteiger partial charge in [-0.3, -0.25) is 0 Å². The second kappa shape index (κ2) is 3.92. The van der Waals surface area contributed by atoms with E-state index in [9.17, 15) is 0 Å². The molecule has 0 saturated carbocycles.